The molecule has 0 aliphatic carbocycles. The molecule has 0 saturated heterocycles. The van der Waals surface area contributed by atoms with E-state index < -0.39 is 0 Å². The lowest BCUT2D eigenvalue weighted by Crippen LogP contribution is -2.14. The van der Waals surface area contributed by atoms with E-state index in [1.807, 2.05) is 6.92 Å². The second-order valence-corrected chi connectivity index (χ2v) is 5.38. The average molecular weight is 340 g/mol. The molecule has 3 N–H and O–H groups in total. The molecule has 0 spiro atoms. The summed E-state index contributed by atoms with van der Waals surface area (Å²) in [6.07, 6.45) is 2.28. The summed E-state index contributed by atoms with van der Waals surface area (Å²) in [6, 6.07) is 6.34. The van der Waals surface area contributed by atoms with Crippen molar-refractivity contribution in [2.24, 2.45) is 0 Å². The van der Waals surface area contributed by atoms with Crippen LogP contribution in [0.4, 0.5) is 11.5 Å². The van der Waals surface area contributed by atoms with Crippen molar-refractivity contribution < 1.29 is 9.53 Å². The minimum atomic E-state index is -0.370. The summed E-state index contributed by atoms with van der Waals surface area (Å²) >= 11 is 11.7. The van der Waals surface area contributed by atoms with Gasteiger partial charge < -0.3 is 15.8 Å². The Labute approximate surface area is 138 Å². The molecular formula is C15H15Cl2N3O2. The number of anilines is 2. The Hall–Kier alpha value is -1.98. The third-order valence-corrected chi connectivity index (χ3v) is 3.27. The first kappa shape index (κ1) is 16.4. The van der Waals surface area contributed by atoms with Crippen LogP contribution in [0.1, 0.15) is 23.7 Å². The first-order valence-electron chi connectivity index (χ1n) is 6.66. The fourth-order valence-electron chi connectivity index (χ4n) is 1.72. The largest absolute Gasteiger partial charge is 0.491 e. The standard InChI is InChI=1S/C15H15Cl2N3O2/c1-2-5-22-13-4-3-9(6-12(13)18)15(21)20-14-11(17)7-10(16)8-19-14/h3-4,6-8H,2,5,18H2,1H3,(H,19,20,21). The van der Waals surface area contributed by atoms with Gasteiger partial charge in [0.15, 0.2) is 5.82 Å². The van der Waals surface area contributed by atoms with Crippen molar-refractivity contribution in [2.45, 2.75) is 13.3 Å². The Morgan fingerprint density at radius 3 is 2.77 bits per heavy atom. The minimum absolute atomic E-state index is 0.237. The number of aromatic nitrogens is 1. The molecule has 0 bridgehead atoms. The van der Waals surface area contributed by atoms with E-state index in [0.717, 1.165) is 6.42 Å². The number of nitrogens with one attached hydrogen (secondary N) is 1. The minimum Gasteiger partial charge on any atom is -0.491 e. The number of carbonyl (C=O) groups is 1. The normalized spacial score (nSPS) is 10.3. The van der Waals surface area contributed by atoms with Crippen LogP contribution in [0.2, 0.25) is 10.0 Å². The van der Waals surface area contributed by atoms with Gasteiger partial charge in [-0.2, -0.15) is 0 Å². The number of nitrogen functional groups attached to an aromatic ring is 1. The molecule has 0 aliphatic rings. The molecule has 0 saturated carbocycles. The molecule has 1 heterocycles. The number of pyridine rings is 1. The van der Waals surface area contributed by atoms with E-state index in [2.05, 4.69) is 10.3 Å². The fraction of sp³-hybridized carbons (Fsp3) is 0.200. The predicted molar refractivity (Wildman–Crippen MR) is 88.9 cm³/mol. The van der Waals surface area contributed by atoms with Gasteiger partial charge in [-0.25, -0.2) is 4.98 Å². The van der Waals surface area contributed by atoms with E-state index in [0.29, 0.717) is 28.6 Å². The highest BCUT2D eigenvalue weighted by Gasteiger charge is 2.12. The Bertz CT molecular complexity index is 692. The number of hydrogen-bond acceptors (Lipinski definition) is 4. The lowest BCUT2D eigenvalue weighted by atomic mass is 10.1. The molecule has 116 valence electrons. The molecule has 0 aliphatic heterocycles. The van der Waals surface area contributed by atoms with E-state index in [4.69, 9.17) is 33.7 Å². The van der Waals surface area contributed by atoms with Gasteiger partial charge in [0, 0.05) is 11.8 Å². The van der Waals surface area contributed by atoms with Gasteiger partial charge in [-0.15, -0.1) is 0 Å². The lowest BCUT2D eigenvalue weighted by Gasteiger charge is -2.10. The quantitative estimate of drug-likeness (QED) is 0.806. The number of rotatable bonds is 5. The molecule has 2 aromatic rings. The number of carbonyl (C=O) groups excluding carboxylic acids is 1. The van der Waals surface area contributed by atoms with E-state index in [1.54, 1.807) is 18.2 Å². The fourth-order valence-corrected chi connectivity index (χ4v) is 2.15. The summed E-state index contributed by atoms with van der Waals surface area (Å²) in [7, 11) is 0. The summed E-state index contributed by atoms with van der Waals surface area (Å²) < 4.78 is 5.47. The molecule has 0 atom stereocenters. The zero-order valence-electron chi connectivity index (χ0n) is 11.9. The summed E-state index contributed by atoms with van der Waals surface area (Å²) in [5.74, 6) is 0.424. The summed E-state index contributed by atoms with van der Waals surface area (Å²) in [5, 5.41) is 3.26. The Morgan fingerprint density at radius 2 is 2.14 bits per heavy atom. The lowest BCUT2D eigenvalue weighted by molar-refractivity contribution is 0.102. The molecular weight excluding hydrogens is 325 g/mol. The van der Waals surface area contributed by atoms with E-state index >= 15 is 0 Å². The topological polar surface area (TPSA) is 77.2 Å². The van der Waals surface area contributed by atoms with Crippen LogP contribution in [0.3, 0.4) is 0 Å². The highest BCUT2D eigenvalue weighted by molar-refractivity contribution is 6.36. The molecule has 0 fully saturated rings. The van der Waals surface area contributed by atoms with Crippen LogP contribution in [0, 0.1) is 0 Å². The molecule has 1 aromatic heterocycles. The molecule has 2 rings (SSSR count). The van der Waals surface area contributed by atoms with Crippen LogP contribution < -0.4 is 15.8 Å². The van der Waals surface area contributed by atoms with Crippen LogP contribution in [-0.4, -0.2) is 17.5 Å². The zero-order valence-corrected chi connectivity index (χ0v) is 13.4. The van der Waals surface area contributed by atoms with Gasteiger partial charge in [0.25, 0.3) is 5.91 Å². The second-order valence-electron chi connectivity index (χ2n) is 4.54. The number of amides is 1. The van der Waals surface area contributed by atoms with Crippen molar-refractivity contribution >= 4 is 40.6 Å². The van der Waals surface area contributed by atoms with E-state index in [1.165, 1.54) is 12.3 Å². The van der Waals surface area contributed by atoms with Gasteiger partial charge >= 0.3 is 0 Å². The van der Waals surface area contributed by atoms with Crippen molar-refractivity contribution in [1.82, 2.24) is 4.98 Å². The zero-order chi connectivity index (χ0) is 16.1. The second kappa shape index (κ2) is 7.33. The molecule has 0 radical (unpaired) electrons. The van der Waals surface area contributed by atoms with Gasteiger partial charge in [-0.3, -0.25) is 4.79 Å². The number of hydrogen-bond donors (Lipinski definition) is 2. The summed E-state index contributed by atoms with van der Waals surface area (Å²) in [4.78, 5) is 16.2. The Morgan fingerprint density at radius 1 is 1.36 bits per heavy atom. The number of nitrogens with zero attached hydrogens (tertiary/aromatic N) is 1. The van der Waals surface area contributed by atoms with Gasteiger partial charge in [0.1, 0.15) is 5.75 Å². The van der Waals surface area contributed by atoms with Crippen LogP contribution >= 0.6 is 23.2 Å². The maximum absolute atomic E-state index is 12.2. The third kappa shape index (κ3) is 4.02. The van der Waals surface area contributed by atoms with Crippen LogP contribution in [0.15, 0.2) is 30.5 Å². The van der Waals surface area contributed by atoms with E-state index in [9.17, 15) is 4.79 Å². The predicted octanol–water partition coefficient (Wildman–Crippen LogP) is 4.01. The maximum Gasteiger partial charge on any atom is 0.256 e. The number of benzene rings is 1. The SMILES string of the molecule is CCCOc1ccc(C(=O)Nc2ncc(Cl)cc2Cl)cc1N. The van der Waals surface area contributed by atoms with Crippen molar-refractivity contribution in [2.75, 3.05) is 17.7 Å². The summed E-state index contributed by atoms with van der Waals surface area (Å²) in [6.45, 7) is 2.57. The van der Waals surface area contributed by atoms with Crippen molar-refractivity contribution in [3.05, 3.63) is 46.1 Å². The van der Waals surface area contributed by atoms with Crippen LogP contribution in [0.25, 0.3) is 0 Å². The molecule has 5 nitrogen and oxygen atoms in total. The number of nitrogens with two attached hydrogens (primary N) is 1. The first-order valence-corrected chi connectivity index (χ1v) is 7.41. The first-order chi connectivity index (χ1) is 10.5. The van der Waals surface area contributed by atoms with Crippen molar-refractivity contribution in [3.8, 4) is 5.75 Å². The van der Waals surface area contributed by atoms with Crippen LogP contribution in [-0.2, 0) is 0 Å². The number of ether oxygens (including phenoxy) is 1. The van der Waals surface area contributed by atoms with E-state index in [-0.39, 0.29) is 16.7 Å². The van der Waals surface area contributed by atoms with Gasteiger partial charge in [0.2, 0.25) is 0 Å². The molecule has 22 heavy (non-hydrogen) atoms. The highest BCUT2D eigenvalue weighted by atomic mass is 35.5. The van der Waals surface area contributed by atoms with Gasteiger partial charge in [-0.1, -0.05) is 30.1 Å². The van der Waals surface area contributed by atoms with Crippen LogP contribution in [0.5, 0.6) is 5.75 Å². The Balaban J connectivity index is 2.14. The maximum atomic E-state index is 12.2. The van der Waals surface area contributed by atoms with Gasteiger partial charge in [0.05, 0.1) is 22.3 Å². The molecule has 1 aromatic carbocycles. The molecule has 0 unspecified atom stereocenters. The summed E-state index contributed by atoms with van der Waals surface area (Å²) in [5.41, 5.74) is 6.66. The Kier molecular flexibility index (Phi) is 5.46. The van der Waals surface area contributed by atoms with Gasteiger partial charge in [-0.05, 0) is 30.7 Å². The molecule has 7 heteroatoms. The van der Waals surface area contributed by atoms with Crippen molar-refractivity contribution in [1.29, 1.82) is 0 Å². The highest BCUT2D eigenvalue weighted by Crippen LogP contribution is 2.25. The van der Waals surface area contributed by atoms with Crippen molar-refractivity contribution in [3.63, 3.8) is 0 Å². The smallest absolute Gasteiger partial charge is 0.256 e. The number of halogens is 2. The average Bonchev–Trinajstić information content (AvgIpc) is 2.48. The third-order valence-electron chi connectivity index (χ3n) is 2.77. The monoisotopic (exact) mass is 339 g/mol. The molecule has 1 amide bonds.